The van der Waals surface area contributed by atoms with Crippen LogP contribution in [0.1, 0.15) is 51.7 Å². The summed E-state index contributed by atoms with van der Waals surface area (Å²) in [6, 6.07) is 3.29. The number of amides is 1. The highest BCUT2D eigenvalue weighted by Crippen LogP contribution is 2.45. The molecule has 0 saturated carbocycles. The molecule has 3 rings (SSSR count). The average Bonchev–Trinajstić information content (AvgIpc) is 2.94. The lowest BCUT2D eigenvalue weighted by atomic mass is 9.90. The number of halogens is 2. The molecule has 1 aromatic carbocycles. The first-order valence-electron chi connectivity index (χ1n) is 7.88. The summed E-state index contributed by atoms with van der Waals surface area (Å²) in [4.78, 5) is 25.0. The van der Waals surface area contributed by atoms with E-state index in [2.05, 4.69) is 5.32 Å². The zero-order valence-corrected chi connectivity index (χ0v) is 15.1. The van der Waals surface area contributed by atoms with Crippen LogP contribution in [-0.4, -0.2) is 28.5 Å². The number of Topliss-reactive ketones (excluding diaryl/α,β-unsaturated/α-hetero) is 1. The molecule has 2 atom stereocenters. The Morgan fingerprint density at radius 1 is 1.27 bits per heavy atom. The molecule has 0 spiro atoms. The van der Waals surface area contributed by atoms with Gasteiger partial charge in [0.05, 0.1) is 21.4 Å². The van der Waals surface area contributed by atoms with Gasteiger partial charge in [-0.1, -0.05) is 0 Å². The molecule has 2 unspecified atom stereocenters. The lowest BCUT2D eigenvalue weighted by Gasteiger charge is -2.40. The van der Waals surface area contributed by atoms with E-state index in [1.165, 1.54) is 6.92 Å². The molecule has 2 aromatic rings. The Morgan fingerprint density at radius 2 is 1.96 bits per heavy atom. The van der Waals surface area contributed by atoms with E-state index in [9.17, 15) is 23.5 Å². The highest BCUT2D eigenvalue weighted by Gasteiger charge is 2.45. The second-order valence-corrected chi connectivity index (χ2v) is 7.70. The van der Waals surface area contributed by atoms with Crippen molar-refractivity contribution in [3.8, 4) is 5.75 Å². The maximum Gasteiger partial charge on any atom is 0.254 e. The normalized spacial score (nSPS) is 20.8. The van der Waals surface area contributed by atoms with Crippen molar-refractivity contribution in [2.75, 3.05) is 0 Å². The van der Waals surface area contributed by atoms with Gasteiger partial charge >= 0.3 is 0 Å². The van der Waals surface area contributed by atoms with Crippen LogP contribution < -0.4 is 10.1 Å². The van der Waals surface area contributed by atoms with Crippen molar-refractivity contribution in [3.05, 3.63) is 51.2 Å². The summed E-state index contributed by atoms with van der Waals surface area (Å²) in [6.45, 7) is 4.69. The Bertz CT molecular complexity index is 893. The Labute approximate surface area is 152 Å². The van der Waals surface area contributed by atoms with Crippen molar-refractivity contribution in [2.24, 2.45) is 0 Å². The van der Waals surface area contributed by atoms with E-state index in [-0.39, 0.29) is 11.3 Å². The number of rotatable bonds is 3. The van der Waals surface area contributed by atoms with Crippen LogP contribution in [0.2, 0.25) is 0 Å². The van der Waals surface area contributed by atoms with Crippen LogP contribution >= 0.6 is 11.3 Å². The average molecular weight is 381 g/mol. The summed E-state index contributed by atoms with van der Waals surface area (Å²) >= 11 is 1.10. The van der Waals surface area contributed by atoms with Crippen LogP contribution in [0.15, 0.2) is 24.3 Å². The summed E-state index contributed by atoms with van der Waals surface area (Å²) in [5.41, 5.74) is -1.38. The molecule has 5 nitrogen and oxygen atoms in total. The largest absolute Gasteiger partial charge is 0.484 e. The molecule has 1 amide bonds. The number of hydrogen-bond acceptors (Lipinski definition) is 5. The molecule has 0 fully saturated rings. The predicted molar refractivity (Wildman–Crippen MR) is 91.6 cm³/mol. The highest BCUT2D eigenvalue weighted by molar-refractivity contribution is 7.14. The number of ether oxygens (including phenoxy) is 1. The fourth-order valence-electron chi connectivity index (χ4n) is 2.78. The van der Waals surface area contributed by atoms with Gasteiger partial charge in [0.25, 0.3) is 5.91 Å². The third-order valence-corrected chi connectivity index (χ3v) is 5.52. The monoisotopic (exact) mass is 381 g/mol. The molecule has 26 heavy (non-hydrogen) atoms. The number of aliphatic hydroxyl groups is 1. The molecule has 2 N–H and O–H groups in total. The number of aliphatic hydroxyl groups excluding tert-OH is 1. The maximum absolute atomic E-state index is 13.9. The van der Waals surface area contributed by atoms with Crippen LogP contribution in [0.4, 0.5) is 8.78 Å². The quantitative estimate of drug-likeness (QED) is 0.801. The van der Waals surface area contributed by atoms with Crippen molar-refractivity contribution < 1.29 is 28.2 Å². The van der Waals surface area contributed by atoms with E-state index in [4.69, 9.17) is 4.74 Å². The van der Waals surface area contributed by atoms with Crippen molar-refractivity contribution >= 4 is 23.0 Å². The molecule has 0 bridgehead atoms. The van der Waals surface area contributed by atoms with E-state index in [1.54, 1.807) is 19.9 Å². The van der Waals surface area contributed by atoms with Gasteiger partial charge in [-0.3, -0.25) is 9.59 Å². The molecule has 1 aromatic heterocycles. The number of nitrogens with one attached hydrogen (secondary N) is 1. The van der Waals surface area contributed by atoms with Gasteiger partial charge in [-0.15, -0.1) is 11.3 Å². The zero-order chi connectivity index (χ0) is 19.2. The summed E-state index contributed by atoms with van der Waals surface area (Å²) < 4.78 is 32.7. The van der Waals surface area contributed by atoms with Gasteiger partial charge in [-0.2, -0.15) is 0 Å². The SMILES string of the molecule is CC(=O)c1cc2c(s1)C(NC(=O)c1ccc(F)cc1F)C(O)C(C)(C)O2. The van der Waals surface area contributed by atoms with Crippen molar-refractivity contribution in [3.63, 3.8) is 0 Å². The first kappa shape index (κ1) is 18.5. The fraction of sp³-hybridized carbons (Fsp3) is 0.333. The molecular weight excluding hydrogens is 364 g/mol. The molecule has 8 heteroatoms. The second-order valence-electron chi connectivity index (χ2n) is 6.62. The topological polar surface area (TPSA) is 75.6 Å². The Hall–Kier alpha value is -2.32. The van der Waals surface area contributed by atoms with Gasteiger partial charge in [0.1, 0.15) is 29.1 Å². The first-order valence-corrected chi connectivity index (χ1v) is 8.69. The van der Waals surface area contributed by atoms with Gasteiger partial charge in [0.2, 0.25) is 0 Å². The molecule has 1 aliphatic rings. The standard InChI is InChI=1S/C18H17F2NO4S/c1-8(22)13-7-12-15(26-13)14(16(23)18(2,3)25-12)21-17(24)10-5-4-9(19)6-11(10)20/h4-7,14,16,23H,1-3H3,(H,21,24). The van der Waals surface area contributed by atoms with Crippen molar-refractivity contribution in [1.82, 2.24) is 5.32 Å². The van der Waals surface area contributed by atoms with Gasteiger partial charge in [0.15, 0.2) is 5.78 Å². The number of carbonyl (C=O) groups excluding carboxylic acids is 2. The summed E-state index contributed by atoms with van der Waals surface area (Å²) in [5, 5.41) is 13.2. The molecule has 2 heterocycles. The molecule has 0 radical (unpaired) electrons. The summed E-state index contributed by atoms with van der Waals surface area (Å²) in [6.07, 6.45) is -1.14. The molecule has 0 saturated heterocycles. The van der Waals surface area contributed by atoms with Crippen LogP contribution in [-0.2, 0) is 0 Å². The van der Waals surface area contributed by atoms with E-state index in [0.29, 0.717) is 21.6 Å². The Balaban J connectivity index is 1.97. The van der Waals surface area contributed by atoms with Crippen LogP contribution in [0, 0.1) is 11.6 Å². The first-order chi connectivity index (χ1) is 12.1. The van der Waals surface area contributed by atoms with Gasteiger partial charge in [-0.25, -0.2) is 8.78 Å². The van der Waals surface area contributed by atoms with Crippen molar-refractivity contribution in [1.29, 1.82) is 0 Å². The number of ketones is 1. The number of hydrogen-bond donors (Lipinski definition) is 2. The number of benzene rings is 1. The van der Waals surface area contributed by atoms with Gasteiger partial charge < -0.3 is 15.2 Å². The Kier molecular flexibility index (Phi) is 4.58. The second kappa shape index (κ2) is 6.44. The minimum absolute atomic E-state index is 0.171. The lowest BCUT2D eigenvalue weighted by Crippen LogP contribution is -2.53. The van der Waals surface area contributed by atoms with Crippen LogP contribution in [0.3, 0.4) is 0 Å². The molecule has 0 aliphatic carbocycles. The number of carbonyl (C=O) groups is 2. The minimum atomic E-state index is -1.14. The van der Waals surface area contributed by atoms with Crippen LogP contribution in [0.25, 0.3) is 0 Å². The summed E-state index contributed by atoms with van der Waals surface area (Å²) in [5.74, 6) is -2.37. The van der Waals surface area contributed by atoms with E-state index in [0.717, 1.165) is 23.5 Å². The number of thiophene rings is 1. The lowest BCUT2D eigenvalue weighted by molar-refractivity contribution is -0.0612. The van der Waals surface area contributed by atoms with Crippen molar-refractivity contribution in [2.45, 2.75) is 38.5 Å². The highest BCUT2D eigenvalue weighted by atomic mass is 32.1. The smallest absolute Gasteiger partial charge is 0.254 e. The van der Waals surface area contributed by atoms with E-state index < -0.39 is 35.3 Å². The van der Waals surface area contributed by atoms with Crippen LogP contribution in [0.5, 0.6) is 5.75 Å². The molecule has 1 aliphatic heterocycles. The van der Waals surface area contributed by atoms with E-state index in [1.807, 2.05) is 0 Å². The molecule has 138 valence electrons. The Morgan fingerprint density at radius 3 is 2.58 bits per heavy atom. The molecular formula is C18H17F2NO4S. The third-order valence-electron chi connectivity index (χ3n) is 4.22. The minimum Gasteiger partial charge on any atom is -0.484 e. The van der Waals surface area contributed by atoms with Gasteiger partial charge in [0, 0.05) is 12.1 Å². The van der Waals surface area contributed by atoms with E-state index >= 15 is 0 Å². The fourth-order valence-corrected chi connectivity index (χ4v) is 3.85. The summed E-state index contributed by atoms with van der Waals surface area (Å²) in [7, 11) is 0. The number of fused-ring (bicyclic) bond motifs is 1. The van der Waals surface area contributed by atoms with Gasteiger partial charge in [-0.05, 0) is 32.9 Å². The maximum atomic E-state index is 13.9. The predicted octanol–water partition coefficient (Wildman–Crippen LogP) is 3.23. The zero-order valence-electron chi connectivity index (χ0n) is 14.3. The third kappa shape index (κ3) is 3.22.